The van der Waals surface area contributed by atoms with E-state index in [1.165, 1.54) is 28.4 Å². The van der Waals surface area contributed by atoms with Crippen LogP contribution in [-0.4, -0.2) is 39.6 Å². The van der Waals surface area contributed by atoms with Gasteiger partial charge < -0.3 is 4.74 Å². The number of nitrogens with zero attached hydrogens (tertiary/aromatic N) is 4. The number of carbonyl (C=O) groups excluding carboxylic acids is 1. The van der Waals surface area contributed by atoms with E-state index >= 15 is 0 Å². The summed E-state index contributed by atoms with van der Waals surface area (Å²) < 4.78 is 6.43. The van der Waals surface area contributed by atoms with Crippen LogP contribution < -0.4 is 15.7 Å². The van der Waals surface area contributed by atoms with E-state index in [1.807, 2.05) is 36.6 Å². The Balaban J connectivity index is 1.73. The molecule has 0 aliphatic carbocycles. The van der Waals surface area contributed by atoms with Crippen molar-refractivity contribution in [1.29, 1.82) is 5.26 Å². The summed E-state index contributed by atoms with van der Waals surface area (Å²) in [6.45, 7) is 0. The number of rotatable bonds is 6. The molecular formula is C23H21N5O3S2. The number of hydrogen-bond donors (Lipinski definition) is 1. The molecule has 1 unspecified atom stereocenters. The monoisotopic (exact) mass is 479 g/mol. The Bertz CT molecular complexity index is 1280. The highest BCUT2D eigenvalue weighted by atomic mass is 32.2. The van der Waals surface area contributed by atoms with Crippen molar-refractivity contribution in [2.75, 3.05) is 24.5 Å². The zero-order valence-electron chi connectivity index (χ0n) is 18.2. The first-order valence-corrected chi connectivity index (χ1v) is 12.2. The van der Waals surface area contributed by atoms with Gasteiger partial charge in [-0.15, -0.1) is 23.5 Å². The van der Waals surface area contributed by atoms with Gasteiger partial charge >= 0.3 is 0 Å². The van der Waals surface area contributed by atoms with E-state index in [0.29, 0.717) is 17.1 Å². The standard InChI is InChI=1S/C23H21N5O3S2/c1-27-21(30)18(12-24)20(14-4-8-16(31-2)9-5-14)25-23(27)26-28-19(29)13-33-22(28)15-6-10-17(32-3)11-7-15/h4-11,22H,13H2,1-3H3,(H,25,26). The van der Waals surface area contributed by atoms with E-state index in [2.05, 4.69) is 10.4 Å². The summed E-state index contributed by atoms with van der Waals surface area (Å²) in [5.41, 5.74) is 4.27. The lowest BCUT2D eigenvalue weighted by molar-refractivity contribution is -0.126. The Morgan fingerprint density at radius 2 is 1.88 bits per heavy atom. The highest BCUT2D eigenvalue weighted by molar-refractivity contribution is 8.00. The third-order valence-corrected chi connectivity index (χ3v) is 7.21. The second kappa shape index (κ2) is 9.60. The molecule has 2 heterocycles. The van der Waals surface area contributed by atoms with Gasteiger partial charge in [-0.2, -0.15) is 5.26 Å². The summed E-state index contributed by atoms with van der Waals surface area (Å²) in [6, 6.07) is 16.9. The maximum absolute atomic E-state index is 12.9. The fraction of sp³-hybridized carbons (Fsp3) is 0.217. The Morgan fingerprint density at radius 3 is 2.48 bits per heavy atom. The number of hydrogen-bond acceptors (Lipinski definition) is 8. The Labute approximate surface area is 199 Å². The predicted molar refractivity (Wildman–Crippen MR) is 130 cm³/mol. The Hall–Kier alpha value is -3.42. The number of nitrogens with one attached hydrogen (secondary N) is 1. The van der Waals surface area contributed by atoms with Gasteiger partial charge in [-0.05, 0) is 48.2 Å². The highest BCUT2D eigenvalue weighted by Crippen LogP contribution is 2.39. The molecule has 10 heteroatoms. The van der Waals surface area contributed by atoms with Crippen LogP contribution in [0.5, 0.6) is 5.75 Å². The molecule has 0 saturated carbocycles. The van der Waals surface area contributed by atoms with Crippen molar-refractivity contribution in [3.63, 3.8) is 0 Å². The lowest BCUT2D eigenvalue weighted by Crippen LogP contribution is -2.37. The van der Waals surface area contributed by atoms with E-state index < -0.39 is 5.56 Å². The second-order valence-corrected chi connectivity index (χ2v) is 9.12. The number of amides is 1. The van der Waals surface area contributed by atoms with Crippen molar-refractivity contribution in [3.8, 4) is 23.1 Å². The molecular weight excluding hydrogens is 458 g/mol. The summed E-state index contributed by atoms with van der Waals surface area (Å²) in [5.74, 6) is 1.00. The van der Waals surface area contributed by atoms with Crippen LogP contribution >= 0.6 is 23.5 Å². The summed E-state index contributed by atoms with van der Waals surface area (Å²) >= 11 is 3.14. The summed E-state index contributed by atoms with van der Waals surface area (Å²) in [6.07, 6.45) is 2.01. The van der Waals surface area contributed by atoms with E-state index in [9.17, 15) is 14.9 Å². The fourth-order valence-electron chi connectivity index (χ4n) is 3.43. The minimum atomic E-state index is -0.499. The molecule has 1 aliphatic heterocycles. The number of nitriles is 1. The molecule has 2 aromatic carbocycles. The zero-order chi connectivity index (χ0) is 23.5. The number of hydrazine groups is 1. The van der Waals surface area contributed by atoms with Crippen molar-refractivity contribution >= 4 is 35.4 Å². The maximum atomic E-state index is 12.9. The first kappa shape index (κ1) is 22.8. The van der Waals surface area contributed by atoms with Crippen LogP contribution in [-0.2, 0) is 11.8 Å². The van der Waals surface area contributed by atoms with Gasteiger partial charge in [-0.1, -0.05) is 12.1 Å². The molecule has 0 bridgehead atoms. The first-order chi connectivity index (χ1) is 16.0. The number of thioether (sulfide) groups is 2. The SMILES string of the molecule is COc1ccc(-c2nc(NN3C(=O)CSC3c3ccc(SC)cc3)n(C)c(=O)c2C#N)cc1. The average molecular weight is 480 g/mol. The number of benzene rings is 2. The maximum Gasteiger partial charge on any atom is 0.273 e. The van der Waals surface area contributed by atoms with Crippen LogP contribution in [0.4, 0.5) is 5.95 Å². The molecule has 1 amide bonds. The van der Waals surface area contributed by atoms with E-state index in [1.54, 1.807) is 43.1 Å². The minimum absolute atomic E-state index is 0.0699. The minimum Gasteiger partial charge on any atom is -0.497 e. The quantitative estimate of drug-likeness (QED) is 0.535. The molecule has 1 aliphatic rings. The molecule has 1 fully saturated rings. The molecule has 1 N–H and O–H groups in total. The third kappa shape index (κ3) is 4.42. The number of carbonyl (C=O) groups is 1. The normalized spacial score (nSPS) is 15.4. The van der Waals surface area contributed by atoms with Crippen molar-refractivity contribution in [2.24, 2.45) is 7.05 Å². The molecule has 0 radical (unpaired) electrons. The van der Waals surface area contributed by atoms with Gasteiger partial charge in [0.2, 0.25) is 5.95 Å². The topological polar surface area (TPSA) is 100 Å². The van der Waals surface area contributed by atoms with Gasteiger partial charge in [-0.3, -0.25) is 19.6 Å². The molecule has 33 heavy (non-hydrogen) atoms. The second-order valence-electron chi connectivity index (χ2n) is 7.18. The van der Waals surface area contributed by atoms with E-state index in [0.717, 1.165) is 10.5 Å². The molecule has 4 rings (SSSR count). The van der Waals surface area contributed by atoms with E-state index in [-0.39, 0.29) is 28.5 Å². The fourth-order valence-corrected chi connectivity index (χ4v) is 4.94. The van der Waals surface area contributed by atoms with Gasteiger partial charge in [-0.25, -0.2) is 9.99 Å². The van der Waals surface area contributed by atoms with Crippen molar-refractivity contribution < 1.29 is 9.53 Å². The van der Waals surface area contributed by atoms with Crippen LogP contribution in [0, 0.1) is 11.3 Å². The molecule has 0 spiro atoms. The van der Waals surface area contributed by atoms with Crippen molar-refractivity contribution in [3.05, 3.63) is 70.0 Å². The van der Waals surface area contributed by atoms with Crippen LogP contribution in [0.15, 0.2) is 58.2 Å². The third-order valence-electron chi connectivity index (χ3n) is 5.26. The Kier molecular flexibility index (Phi) is 6.62. The largest absolute Gasteiger partial charge is 0.497 e. The number of aromatic nitrogens is 2. The molecule has 1 aromatic heterocycles. The van der Waals surface area contributed by atoms with Crippen molar-refractivity contribution in [2.45, 2.75) is 10.3 Å². The van der Waals surface area contributed by atoms with Crippen LogP contribution in [0.1, 0.15) is 16.5 Å². The summed E-state index contributed by atoms with van der Waals surface area (Å²) in [7, 11) is 3.08. The molecule has 1 saturated heterocycles. The molecule has 8 nitrogen and oxygen atoms in total. The highest BCUT2D eigenvalue weighted by Gasteiger charge is 2.34. The molecule has 168 valence electrons. The number of methoxy groups -OCH3 is 1. The van der Waals surface area contributed by atoms with Gasteiger partial charge in [0.1, 0.15) is 22.8 Å². The first-order valence-electron chi connectivity index (χ1n) is 9.96. The summed E-state index contributed by atoms with van der Waals surface area (Å²) in [5, 5.41) is 10.8. The molecule has 3 aromatic rings. The van der Waals surface area contributed by atoms with Crippen LogP contribution in [0.2, 0.25) is 0 Å². The van der Waals surface area contributed by atoms with Gasteiger partial charge in [0.15, 0.2) is 0 Å². The van der Waals surface area contributed by atoms with Crippen molar-refractivity contribution in [1.82, 2.24) is 14.6 Å². The predicted octanol–water partition coefficient (Wildman–Crippen LogP) is 3.65. The average Bonchev–Trinajstić information content (AvgIpc) is 3.21. The number of ether oxygens (including phenoxy) is 1. The molecule has 1 atom stereocenters. The zero-order valence-corrected chi connectivity index (χ0v) is 19.9. The van der Waals surface area contributed by atoms with Crippen LogP contribution in [0.3, 0.4) is 0 Å². The smallest absolute Gasteiger partial charge is 0.273 e. The summed E-state index contributed by atoms with van der Waals surface area (Å²) in [4.78, 5) is 31.3. The van der Waals surface area contributed by atoms with Crippen LogP contribution in [0.25, 0.3) is 11.3 Å². The lowest BCUT2D eigenvalue weighted by Gasteiger charge is -2.26. The number of anilines is 1. The van der Waals surface area contributed by atoms with Gasteiger partial charge in [0, 0.05) is 17.5 Å². The lowest BCUT2D eigenvalue weighted by atomic mass is 10.1. The Morgan fingerprint density at radius 1 is 1.18 bits per heavy atom. The van der Waals surface area contributed by atoms with Gasteiger partial charge in [0.25, 0.3) is 11.5 Å². The van der Waals surface area contributed by atoms with Gasteiger partial charge in [0.05, 0.1) is 18.6 Å². The van der Waals surface area contributed by atoms with E-state index in [4.69, 9.17) is 4.74 Å².